The molecule has 2 rings (SSSR count). The average molecular weight is 193 g/mol. The van der Waals surface area contributed by atoms with Crippen LogP contribution in [0.25, 0.3) is 0 Å². The topological polar surface area (TPSA) is 60.1 Å². The number of nitrogens with zero attached hydrogens (tertiary/aromatic N) is 1. The van der Waals surface area contributed by atoms with Crippen molar-refractivity contribution < 1.29 is 4.79 Å². The van der Waals surface area contributed by atoms with Crippen LogP contribution in [0.15, 0.2) is 24.5 Å². The molecule has 76 valence electrons. The van der Waals surface area contributed by atoms with Crippen LogP contribution >= 0.6 is 0 Å². The van der Waals surface area contributed by atoms with Gasteiger partial charge in [-0.2, -0.15) is 0 Å². The third-order valence-corrected chi connectivity index (χ3v) is 2.69. The van der Waals surface area contributed by atoms with E-state index in [1.807, 2.05) is 24.5 Å². The highest BCUT2D eigenvalue weighted by atomic mass is 16.2. The summed E-state index contributed by atoms with van der Waals surface area (Å²) in [6.07, 6.45) is 6.31. The largest absolute Gasteiger partial charge is 0.328 e. The standard InChI is InChI=1S/C10H15N3O/c11-9-4-3-8(7-9)10(14)12-13-5-1-2-6-13/h1-2,5-6,8-9H,3-4,7,11H2,(H,12,14). The van der Waals surface area contributed by atoms with Crippen molar-refractivity contribution in [3.05, 3.63) is 24.5 Å². The van der Waals surface area contributed by atoms with Crippen LogP contribution in [0.3, 0.4) is 0 Å². The molecule has 0 radical (unpaired) electrons. The minimum absolute atomic E-state index is 0.0779. The van der Waals surface area contributed by atoms with Crippen LogP contribution in [0.5, 0.6) is 0 Å². The van der Waals surface area contributed by atoms with Crippen LogP contribution in [-0.2, 0) is 4.79 Å². The summed E-state index contributed by atoms with van der Waals surface area (Å²) in [5.74, 6) is 0.168. The fourth-order valence-electron chi connectivity index (χ4n) is 1.88. The first-order valence-electron chi connectivity index (χ1n) is 4.95. The van der Waals surface area contributed by atoms with Crippen LogP contribution in [0.4, 0.5) is 0 Å². The summed E-state index contributed by atoms with van der Waals surface area (Å²) in [7, 11) is 0. The number of aromatic nitrogens is 1. The predicted molar refractivity (Wildman–Crippen MR) is 54.1 cm³/mol. The maximum absolute atomic E-state index is 11.7. The third kappa shape index (κ3) is 1.96. The number of nitrogens with two attached hydrogens (primary N) is 1. The molecule has 1 aromatic heterocycles. The molecule has 0 bridgehead atoms. The van der Waals surface area contributed by atoms with E-state index in [4.69, 9.17) is 5.73 Å². The zero-order valence-corrected chi connectivity index (χ0v) is 8.02. The van der Waals surface area contributed by atoms with E-state index in [1.54, 1.807) is 4.68 Å². The van der Waals surface area contributed by atoms with E-state index in [-0.39, 0.29) is 17.9 Å². The summed E-state index contributed by atoms with van der Waals surface area (Å²) in [5.41, 5.74) is 8.56. The molecular formula is C10H15N3O. The Morgan fingerprint density at radius 1 is 1.36 bits per heavy atom. The van der Waals surface area contributed by atoms with Crippen molar-refractivity contribution >= 4 is 5.91 Å². The molecular weight excluding hydrogens is 178 g/mol. The molecule has 2 unspecified atom stereocenters. The van der Waals surface area contributed by atoms with E-state index in [1.165, 1.54) is 0 Å². The van der Waals surface area contributed by atoms with E-state index in [9.17, 15) is 4.79 Å². The minimum atomic E-state index is 0.0779. The summed E-state index contributed by atoms with van der Waals surface area (Å²) in [5, 5.41) is 0. The highest BCUT2D eigenvalue weighted by molar-refractivity contribution is 5.86. The number of hydrogen-bond acceptors (Lipinski definition) is 2. The second-order valence-corrected chi connectivity index (χ2v) is 3.84. The minimum Gasteiger partial charge on any atom is -0.328 e. The van der Waals surface area contributed by atoms with E-state index < -0.39 is 0 Å². The number of hydrogen-bond donors (Lipinski definition) is 2. The zero-order valence-electron chi connectivity index (χ0n) is 8.02. The molecule has 0 aromatic carbocycles. The second-order valence-electron chi connectivity index (χ2n) is 3.84. The summed E-state index contributed by atoms with van der Waals surface area (Å²) < 4.78 is 1.67. The Morgan fingerprint density at radius 3 is 2.64 bits per heavy atom. The Balaban J connectivity index is 1.90. The summed E-state index contributed by atoms with van der Waals surface area (Å²) >= 11 is 0. The molecule has 1 heterocycles. The monoisotopic (exact) mass is 193 g/mol. The van der Waals surface area contributed by atoms with Crippen molar-refractivity contribution in [1.82, 2.24) is 4.68 Å². The second kappa shape index (κ2) is 3.84. The maximum atomic E-state index is 11.7. The van der Waals surface area contributed by atoms with Crippen molar-refractivity contribution in [2.75, 3.05) is 5.43 Å². The molecule has 0 spiro atoms. The first-order chi connectivity index (χ1) is 6.75. The Hall–Kier alpha value is -1.29. The van der Waals surface area contributed by atoms with E-state index >= 15 is 0 Å². The van der Waals surface area contributed by atoms with Crippen LogP contribution < -0.4 is 11.2 Å². The first kappa shape index (κ1) is 9.27. The maximum Gasteiger partial charge on any atom is 0.241 e. The number of carbonyl (C=O) groups excluding carboxylic acids is 1. The van der Waals surface area contributed by atoms with Crippen LogP contribution in [0.2, 0.25) is 0 Å². The lowest BCUT2D eigenvalue weighted by Crippen LogP contribution is -2.28. The molecule has 1 aromatic rings. The van der Waals surface area contributed by atoms with Crippen LogP contribution in [0.1, 0.15) is 19.3 Å². The molecule has 0 saturated heterocycles. The summed E-state index contributed by atoms with van der Waals surface area (Å²) in [6.45, 7) is 0. The van der Waals surface area contributed by atoms with Crippen LogP contribution in [-0.4, -0.2) is 16.6 Å². The molecule has 4 heteroatoms. The van der Waals surface area contributed by atoms with Gasteiger partial charge < -0.3 is 5.73 Å². The third-order valence-electron chi connectivity index (χ3n) is 2.69. The van der Waals surface area contributed by atoms with Gasteiger partial charge >= 0.3 is 0 Å². The van der Waals surface area contributed by atoms with Crippen molar-refractivity contribution in [1.29, 1.82) is 0 Å². The Kier molecular flexibility index (Phi) is 2.54. The van der Waals surface area contributed by atoms with E-state index in [0.29, 0.717) is 0 Å². The smallest absolute Gasteiger partial charge is 0.241 e. The van der Waals surface area contributed by atoms with Crippen molar-refractivity contribution in [2.24, 2.45) is 11.7 Å². The van der Waals surface area contributed by atoms with Gasteiger partial charge in [0.25, 0.3) is 0 Å². The SMILES string of the molecule is NC1CCC(C(=O)Nn2cccc2)C1. The Labute approximate surface area is 83.1 Å². The molecule has 2 atom stereocenters. The normalized spacial score (nSPS) is 26.4. The number of carbonyl (C=O) groups is 1. The summed E-state index contributed by atoms with van der Waals surface area (Å²) in [6, 6.07) is 3.96. The fourth-order valence-corrected chi connectivity index (χ4v) is 1.88. The molecule has 1 fully saturated rings. The molecule has 3 N–H and O–H groups in total. The van der Waals surface area contributed by atoms with Gasteiger partial charge in [-0.05, 0) is 31.4 Å². The van der Waals surface area contributed by atoms with Gasteiger partial charge in [-0.3, -0.25) is 14.9 Å². The predicted octanol–water partition coefficient (Wildman–Crippen LogP) is 0.686. The van der Waals surface area contributed by atoms with Crippen molar-refractivity contribution in [2.45, 2.75) is 25.3 Å². The Morgan fingerprint density at radius 2 is 2.07 bits per heavy atom. The van der Waals surface area contributed by atoms with Gasteiger partial charge in [0, 0.05) is 24.4 Å². The number of rotatable bonds is 2. The highest BCUT2D eigenvalue weighted by Crippen LogP contribution is 2.24. The fraction of sp³-hybridized carbons (Fsp3) is 0.500. The quantitative estimate of drug-likeness (QED) is 0.725. The van der Waals surface area contributed by atoms with Gasteiger partial charge in [-0.15, -0.1) is 0 Å². The highest BCUT2D eigenvalue weighted by Gasteiger charge is 2.27. The molecule has 4 nitrogen and oxygen atoms in total. The summed E-state index contributed by atoms with van der Waals surface area (Å²) in [4.78, 5) is 11.7. The first-order valence-corrected chi connectivity index (χ1v) is 4.95. The number of nitrogens with one attached hydrogen (secondary N) is 1. The molecule has 1 aliphatic carbocycles. The van der Waals surface area contributed by atoms with Gasteiger partial charge in [0.15, 0.2) is 0 Å². The van der Waals surface area contributed by atoms with Crippen LogP contribution in [0, 0.1) is 5.92 Å². The average Bonchev–Trinajstić information content (AvgIpc) is 2.75. The van der Waals surface area contributed by atoms with Gasteiger partial charge in [-0.1, -0.05) is 0 Å². The molecule has 1 amide bonds. The van der Waals surface area contributed by atoms with Crippen molar-refractivity contribution in [3.63, 3.8) is 0 Å². The zero-order chi connectivity index (χ0) is 9.97. The Bertz CT molecular complexity index is 307. The molecule has 14 heavy (non-hydrogen) atoms. The number of amides is 1. The molecule has 1 saturated carbocycles. The molecule has 1 aliphatic rings. The van der Waals surface area contributed by atoms with Crippen molar-refractivity contribution in [3.8, 4) is 0 Å². The van der Waals surface area contributed by atoms with E-state index in [0.717, 1.165) is 19.3 Å². The van der Waals surface area contributed by atoms with E-state index in [2.05, 4.69) is 5.43 Å². The van der Waals surface area contributed by atoms with Gasteiger partial charge in [0.1, 0.15) is 0 Å². The lowest BCUT2D eigenvalue weighted by Gasteiger charge is -2.11. The lowest BCUT2D eigenvalue weighted by molar-refractivity contribution is -0.120. The lowest BCUT2D eigenvalue weighted by atomic mass is 10.1. The van der Waals surface area contributed by atoms with Gasteiger partial charge in [0.05, 0.1) is 0 Å². The van der Waals surface area contributed by atoms with Gasteiger partial charge in [-0.25, -0.2) is 0 Å². The van der Waals surface area contributed by atoms with Gasteiger partial charge in [0.2, 0.25) is 5.91 Å². The molecule has 0 aliphatic heterocycles.